The maximum absolute atomic E-state index is 14.3. The summed E-state index contributed by atoms with van der Waals surface area (Å²) in [6, 6.07) is 15.6. The number of likely N-dealkylation sites (N-methyl/N-ethyl adjacent to an activating group) is 1. The summed E-state index contributed by atoms with van der Waals surface area (Å²) in [5.74, 6) is -0.734. The molecule has 1 aliphatic rings. The minimum absolute atomic E-state index is 0.0234. The van der Waals surface area contributed by atoms with Gasteiger partial charge in [-0.3, -0.25) is 0 Å². The molecule has 1 aliphatic heterocycles. The van der Waals surface area contributed by atoms with E-state index in [0.29, 0.717) is 16.8 Å². The van der Waals surface area contributed by atoms with E-state index in [-0.39, 0.29) is 11.5 Å². The summed E-state index contributed by atoms with van der Waals surface area (Å²) in [6.45, 7) is 6.04. The first-order valence-electron chi connectivity index (χ1n) is 8.30. The quantitative estimate of drug-likeness (QED) is 0.890. The average molecular weight is 359 g/mol. The molecule has 2 aromatic rings. The molecule has 0 fully saturated rings. The van der Waals surface area contributed by atoms with Gasteiger partial charge in [-0.2, -0.15) is 10.5 Å². The molecule has 0 aromatic heterocycles. The van der Waals surface area contributed by atoms with E-state index < -0.39 is 17.3 Å². The normalized spacial score (nSPS) is 22.0. The first-order valence-corrected chi connectivity index (χ1v) is 8.30. The zero-order chi connectivity index (χ0) is 19.8. The highest BCUT2D eigenvalue weighted by Gasteiger charge is 2.44. The number of halogens is 1. The van der Waals surface area contributed by atoms with Gasteiger partial charge >= 0.3 is 0 Å². The molecule has 0 spiro atoms. The van der Waals surface area contributed by atoms with Crippen molar-refractivity contribution in [1.82, 2.24) is 4.90 Å². The lowest BCUT2D eigenvalue weighted by Gasteiger charge is -2.44. The molecule has 27 heavy (non-hydrogen) atoms. The van der Waals surface area contributed by atoms with Crippen LogP contribution in [0.25, 0.3) is 0 Å². The first-order chi connectivity index (χ1) is 12.8. The summed E-state index contributed by atoms with van der Waals surface area (Å²) in [7, 11) is 1.75. The van der Waals surface area contributed by atoms with Crippen LogP contribution in [0.1, 0.15) is 35.1 Å². The number of nitrogens with zero attached hydrogens (tertiary/aromatic N) is 4. The Bertz CT molecular complexity index is 1040. The van der Waals surface area contributed by atoms with Crippen LogP contribution in [-0.4, -0.2) is 17.9 Å². The van der Waals surface area contributed by atoms with Gasteiger partial charge in [-0.15, -0.1) is 0 Å². The fraction of sp³-hybridized carbons (Fsp3) is 0.190. The standard InChI is InChI=1S/C21H18FN5/c1-13-19(15-7-8-16(12-24)18(22)10-15)21(2,26-20(25)27(13)3)17-6-4-5-14(9-17)11-23/h4-10,19H,1H2,2-3H3,(H2,25,26)/t19-,21+/m0/s1. The Kier molecular flexibility index (Phi) is 4.43. The Morgan fingerprint density at radius 3 is 2.59 bits per heavy atom. The monoisotopic (exact) mass is 359 g/mol. The molecule has 6 heteroatoms. The number of guanidine groups is 1. The molecule has 0 bridgehead atoms. The van der Waals surface area contributed by atoms with E-state index in [4.69, 9.17) is 11.0 Å². The number of hydrogen-bond donors (Lipinski definition) is 1. The molecule has 0 unspecified atom stereocenters. The molecule has 2 N–H and O–H groups in total. The predicted octanol–water partition coefficient (Wildman–Crippen LogP) is 3.34. The fourth-order valence-corrected chi connectivity index (χ4v) is 3.50. The first kappa shape index (κ1) is 18.2. The van der Waals surface area contributed by atoms with Gasteiger partial charge in [-0.25, -0.2) is 9.38 Å². The van der Waals surface area contributed by atoms with Crippen LogP contribution in [-0.2, 0) is 5.54 Å². The molecule has 2 aromatic carbocycles. The Labute approximate surface area is 157 Å². The highest BCUT2D eigenvalue weighted by atomic mass is 19.1. The molecule has 3 rings (SSSR count). The van der Waals surface area contributed by atoms with E-state index >= 15 is 0 Å². The number of nitrogens with two attached hydrogens (primary N) is 1. The zero-order valence-corrected chi connectivity index (χ0v) is 15.1. The maximum atomic E-state index is 14.3. The van der Waals surface area contributed by atoms with Crippen LogP contribution in [0.2, 0.25) is 0 Å². The SMILES string of the molecule is C=C1[C@@H](c2ccc(C#N)c(F)c2)[C@@](C)(c2cccc(C#N)c2)N=C(N)N1C. The lowest BCUT2D eigenvalue weighted by atomic mass is 9.73. The Morgan fingerprint density at radius 1 is 1.22 bits per heavy atom. The Morgan fingerprint density at radius 2 is 1.96 bits per heavy atom. The molecule has 0 aliphatic carbocycles. The highest BCUT2D eigenvalue weighted by molar-refractivity contribution is 5.82. The fourth-order valence-electron chi connectivity index (χ4n) is 3.50. The third-order valence-corrected chi connectivity index (χ3v) is 5.04. The van der Waals surface area contributed by atoms with Crippen molar-refractivity contribution >= 4 is 5.96 Å². The van der Waals surface area contributed by atoms with Gasteiger partial charge in [-0.1, -0.05) is 24.8 Å². The molecule has 0 radical (unpaired) electrons. The second-order valence-electron chi connectivity index (χ2n) is 6.64. The van der Waals surface area contributed by atoms with Crippen molar-refractivity contribution in [3.63, 3.8) is 0 Å². The Hall–Kier alpha value is -3.64. The van der Waals surface area contributed by atoms with Gasteiger partial charge in [0.2, 0.25) is 0 Å². The number of hydrogen-bond acceptors (Lipinski definition) is 5. The van der Waals surface area contributed by atoms with Gasteiger partial charge in [0.1, 0.15) is 11.9 Å². The highest BCUT2D eigenvalue weighted by Crippen LogP contribution is 2.47. The molecule has 2 atom stereocenters. The summed E-state index contributed by atoms with van der Waals surface area (Å²) in [4.78, 5) is 6.35. The van der Waals surface area contributed by atoms with E-state index in [2.05, 4.69) is 17.6 Å². The van der Waals surface area contributed by atoms with E-state index in [1.807, 2.05) is 19.1 Å². The third-order valence-electron chi connectivity index (χ3n) is 5.04. The topological polar surface area (TPSA) is 89.2 Å². The largest absolute Gasteiger partial charge is 0.370 e. The molecular formula is C21H18FN5. The minimum atomic E-state index is -0.888. The predicted molar refractivity (Wildman–Crippen MR) is 101 cm³/mol. The van der Waals surface area contributed by atoms with Crippen LogP contribution in [0.3, 0.4) is 0 Å². The van der Waals surface area contributed by atoms with Gasteiger partial charge in [0.15, 0.2) is 5.96 Å². The van der Waals surface area contributed by atoms with Crippen molar-refractivity contribution in [2.45, 2.75) is 18.4 Å². The van der Waals surface area contributed by atoms with Gasteiger partial charge < -0.3 is 10.6 Å². The smallest absolute Gasteiger partial charge is 0.196 e. The zero-order valence-electron chi connectivity index (χ0n) is 15.1. The Balaban J connectivity index is 2.25. The van der Waals surface area contributed by atoms with Crippen LogP contribution in [0, 0.1) is 28.5 Å². The molecule has 134 valence electrons. The van der Waals surface area contributed by atoms with Crippen molar-refractivity contribution in [2.75, 3.05) is 7.05 Å². The molecule has 5 nitrogen and oxygen atoms in total. The van der Waals surface area contributed by atoms with Crippen LogP contribution in [0.15, 0.2) is 59.7 Å². The van der Waals surface area contributed by atoms with Crippen molar-refractivity contribution < 1.29 is 4.39 Å². The van der Waals surface area contributed by atoms with Crippen molar-refractivity contribution in [3.05, 3.63) is 82.8 Å². The van der Waals surface area contributed by atoms with Gasteiger partial charge in [0.25, 0.3) is 0 Å². The molecule has 0 amide bonds. The number of nitriles is 2. The van der Waals surface area contributed by atoms with Gasteiger partial charge in [0, 0.05) is 12.7 Å². The maximum Gasteiger partial charge on any atom is 0.196 e. The van der Waals surface area contributed by atoms with E-state index in [1.54, 1.807) is 36.2 Å². The molecule has 1 heterocycles. The summed E-state index contributed by atoms with van der Waals surface area (Å²) in [5, 5.41) is 18.3. The van der Waals surface area contributed by atoms with Crippen LogP contribution in [0.4, 0.5) is 4.39 Å². The van der Waals surface area contributed by atoms with Crippen molar-refractivity contribution in [2.24, 2.45) is 10.7 Å². The average Bonchev–Trinajstić information content (AvgIpc) is 2.66. The summed E-state index contributed by atoms with van der Waals surface area (Å²) < 4.78 is 14.3. The van der Waals surface area contributed by atoms with Crippen molar-refractivity contribution in [3.8, 4) is 12.1 Å². The second kappa shape index (κ2) is 6.59. The van der Waals surface area contributed by atoms with Crippen LogP contribution >= 0.6 is 0 Å². The summed E-state index contributed by atoms with van der Waals surface area (Å²) in [5.41, 5.74) is 7.74. The lowest BCUT2D eigenvalue weighted by Crippen LogP contribution is -2.47. The second-order valence-corrected chi connectivity index (χ2v) is 6.64. The van der Waals surface area contributed by atoms with Crippen LogP contribution < -0.4 is 5.73 Å². The summed E-state index contributed by atoms with van der Waals surface area (Å²) in [6.07, 6.45) is 0. The number of benzene rings is 2. The lowest BCUT2D eigenvalue weighted by molar-refractivity contribution is 0.349. The van der Waals surface area contributed by atoms with E-state index in [9.17, 15) is 9.65 Å². The van der Waals surface area contributed by atoms with E-state index in [1.165, 1.54) is 12.1 Å². The van der Waals surface area contributed by atoms with Crippen LogP contribution in [0.5, 0.6) is 0 Å². The van der Waals surface area contributed by atoms with Crippen molar-refractivity contribution in [1.29, 1.82) is 10.5 Å². The molecule has 0 saturated heterocycles. The van der Waals surface area contributed by atoms with Gasteiger partial charge in [-0.05, 0) is 42.3 Å². The summed E-state index contributed by atoms with van der Waals surface area (Å²) >= 11 is 0. The van der Waals surface area contributed by atoms with E-state index in [0.717, 1.165) is 5.56 Å². The molecule has 0 saturated carbocycles. The number of rotatable bonds is 2. The minimum Gasteiger partial charge on any atom is -0.370 e. The third kappa shape index (κ3) is 2.92. The van der Waals surface area contributed by atoms with Gasteiger partial charge in [0.05, 0.1) is 28.7 Å². The molecular weight excluding hydrogens is 341 g/mol. The number of aliphatic imine (C=N–C) groups is 1.